The predicted molar refractivity (Wildman–Crippen MR) is 156 cm³/mol. The number of halogens is 2. The Morgan fingerprint density at radius 2 is 1.49 bits per heavy atom. The third kappa shape index (κ3) is 10.9. The summed E-state index contributed by atoms with van der Waals surface area (Å²) in [5.74, 6) is -7.08. The molecule has 3 N–H and O–H groups in total. The number of hydrogen-bond donors (Lipinski definition) is 3. The summed E-state index contributed by atoms with van der Waals surface area (Å²) in [5, 5.41) is 7.26. The lowest BCUT2D eigenvalue weighted by molar-refractivity contribution is -0.148. The van der Waals surface area contributed by atoms with E-state index >= 15 is 8.78 Å². The van der Waals surface area contributed by atoms with Crippen molar-refractivity contribution in [2.75, 3.05) is 6.54 Å². The summed E-state index contributed by atoms with van der Waals surface area (Å²) in [6.45, 7) is 2.77. The van der Waals surface area contributed by atoms with Crippen LogP contribution in [0.4, 0.5) is 13.6 Å². The van der Waals surface area contributed by atoms with E-state index in [0.29, 0.717) is 16.7 Å². The Labute approximate surface area is 249 Å². The fourth-order valence-electron chi connectivity index (χ4n) is 4.24. The molecule has 0 aliphatic heterocycles. The number of hydrogen-bond acceptors (Lipinski definition) is 6. The molecule has 0 bridgehead atoms. The van der Waals surface area contributed by atoms with E-state index in [1.54, 1.807) is 92.8 Å². The van der Waals surface area contributed by atoms with Gasteiger partial charge < -0.3 is 20.7 Å². The zero-order valence-corrected chi connectivity index (χ0v) is 24.1. The smallest absolute Gasteiger partial charge is 0.407 e. The third-order valence-corrected chi connectivity index (χ3v) is 6.60. The maximum atomic E-state index is 15.2. The van der Waals surface area contributed by atoms with Gasteiger partial charge in [-0.3, -0.25) is 19.4 Å². The van der Waals surface area contributed by atoms with E-state index in [1.165, 1.54) is 6.20 Å². The van der Waals surface area contributed by atoms with E-state index in [9.17, 15) is 19.2 Å². The van der Waals surface area contributed by atoms with Gasteiger partial charge in [-0.1, -0.05) is 80.6 Å². The quantitative estimate of drug-likeness (QED) is 0.244. The van der Waals surface area contributed by atoms with Gasteiger partial charge in [0.2, 0.25) is 17.6 Å². The number of alkyl carbamates (subject to hydrolysis) is 1. The molecule has 228 valence electrons. The number of carbonyl (C=O) groups is 4. The SMILES string of the molecule is CC(C)[C@H](NC(=O)CNC(=O)OCc1cccnc1)C(=O)N[C@@H](Cc1ccccc1)C(=O)C(F)(F)CCc1ccccc1. The standard InChI is InChI=1S/C32H36F2N4O5/c1-22(2)28(38-27(39)20-36-31(42)43-21-25-14-9-17-35-19-25)30(41)37-26(18-24-12-7-4-8-13-24)29(40)32(33,34)16-15-23-10-5-3-6-11-23/h3-14,17,19,22,26,28H,15-16,18,20-21H2,1-2H3,(H,36,42)(H,37,41)(H,38,39)/t26-,28-/m0/s1. The molecule has 2 aromatic carbocycles. The Balaban J connectivity index is 1.63. The average molecular weight is 595 g/mol. The molecule has 3 amide bonds. The van der Waals surface area contributed by atoms with Crippen molar-refractivity contribution in [2.24, 2.45) is 5.92 Å². The Morgan fingerprint density at radius 3 is 2.09 bits per heavy atom. The van der Waals surface area contributed by atoms with E-state index < -0.39 is 60.6 Å². The van der Waals surface area contributed by atoms with Crippen LogP contribution in [0, 0.1) is 5.92 Å². The van der Waals surface area contributed by atoms with Crippen molar-refractivity contribution in [3.63, 3.8) is 0 Å². The van der Waals surface area contributed by atoms with Crippen LogP contribution >= 0.6 is 0 Å². The number of alkyl halides is 2. The molecular formula is C32H36F2N4O5. The Kier molecular flexibility index (Phi) is 12.3. The monoisotopic (exact) mass is 594 g/mol. The van der Waals surface area contributed by atoms with Gasteiger partial charge in [-0.05, 0) is 36.0 Å². The number of aryl methyl sites for hydroxylation is 1. The molecule has 0 saturated heterocycles. The molecule has 0 spiro atoms. The minimum atomic E-state index is -3.71. The lowest BCUT2D eigenvalue weighted by atomic mass is 9.94. The van der Waals surface area contributed by atoms with Crippen LogP contribution in [0.2, 0.25) is 0 Å². The fourth-order valence-corrected chi connectivity index (χ4v) is 4.24. The van der Waals surface area contributed by atoms with Crippen LogP contribution in [0.3, 0.4) is 0 Å². The Bertz CT molecular complexity index is 1340. The zero-order valence-electron chi connectivity index (χ0n) is 24.1. The number of ketones is 1. The first kappa shape index (κ1) is 32.8. The normalized spacial score (nSPS) is 12.6. The van der Waals surface area contributed by atoms with Gasteiger partial charge in [0.1, 0.15) is 19.2 Å². The lowest BCUT2D eigenvalue weighted by Gasteiger charge is -2.27. The first-order chi connectivity index (χ1) is 20.5. The van der Waals surface area contributed by atoms with Crippen molar-refractivity contribution in [1.82, 2.24) is 20.9 Å². The van der Waals surface area contributed by atoms with Crippen LogP contribution in [0.15, 0.2) is 85.2 Å². The number of ether oxygens (including phenoxy) is 1. The highest BCUT2D eigenvalue weighted by molar-refractivity contribution is 5.96. The van der Waals surface area contributed by atoms with Crippen LogP contribution in [0.5, 0.6) is 0 Å². The molecule has 3 aromatic rings. The topological polar surface area (TPSA) is 126 Å². The van der Waals surface area contributed by atoms with Gasteiger partial charge in [-0.25, -0.2) is 4.79 Å². The molecule has 0 unspecified atom stereocenters. The van der Waals surface area contributed by atoms with Gasteiger partial charge >= 0.3 is 12.0 Å². The number of pyridine rings is 1. The number of amides is 3. The van der Waals surface area contributed by atoms with Gasteiger partial charge in [0.05, 0.1) is 6.04 Å². The molecule has 0 aliphatic carbocycles. The summed E-state index contributed by atoms with van der Waals surface area (Å²) in [5.41, 5.74) is 1.90. The third-order valence-electron chi connectivity index (χ3n) is 6.60. The van der Waals surface area contributed by atoms with Crippen molar-refractivity contribution >= 4 is 23.7 Å². The van der Waals surface area contributed by atoms with Crippen molar-refractivity contribution in [3.05, 3.63) is 102 Å². The zero-order chi connectivity index (χ0) is 31.2. The maximum Gasteiger partial charge on any atom is 0.407 e. The maximum absolute atomic E-state index is 15.2. The van der Waals surface area contributed by atoms with Crippen LogP contribution in [0.25, 0.3) is 0 Å². The minimum Gasteiger partial charge on any atom is -0.445 e. The number of benzene rings is 2. The van der Waals surface area contributed by atoms with E-state index in [0.717, 1.165) is 0 Å². The highest BCUT2D eigenvalue weighted by atomic mass is 19.3. The largest absolute Gasteiger partial charge is 0.445 e. The second-order valence-corrected chi connectivity index (χ2v) is 10.4. The van der Waals surface area contributed by atoms with Crippen LogP contribution in [0.1, 0.15) is 37.0 Å². The van der Waals surface area contributed by atoms with Crippen molar-refractivity contribution in [1.29, 1.82) is 0 Å². The molecule has 1 aromatic heterocycles. The highest BCUT2D eigenvalue weighted by Gasteiger charge is 2.43. The molecule has 0 aliphatic rings. The molecule has 1 heterocycles. The molecule has 0 fully saturated rings. The van der Waals surface area contributed by atoms with Gasteiger partial charge in [-0.2, -0.15) is 8.78 Å². The van der Waals surface area contributed by atoms with E-state index in [-0.39, 0.29) is 19.4 Å². The predicted octanol–water partition coefficient (Wildman–Crippen LogP) is 4.01. The van der Waals surface area contributed by atoms with Gasteiger partial charge in [0.25, 0.3) is 0 Å². The Morgan fingerprint density at radius 1 is 0.860 bits per heavy atom. The van der Waals surface area contributed by atoms with Gasteiger partial charge in [0, 0.05) is 24.4 Å². The summed E-state index contributed by atoms with van der Waals surface area (Å²) < 4.78 is 35.4. The second-order valence-electron chi connectivity index (χ2n) is 10.4. The lowest BCUT2D eigenvalue weighted by Crippen LogP contribution is -2.57. The summed E-state index contributed by atoms with van der Waals surface area (Å²) >= 11 is 0. The Hall–Kier alpha value is -4.67. The fraction of sp³-hybridized carbons (Fsp3) is 0.344. The average Bonchev–Trinajstić information content (AvgIpc) is 3.01. The number of Topliss-reactive ketones (excluding diaryl/α,β-unsaturated/α-hetero) is 1. The molecular weight excluding hydrogens is 558 g/mol. The van der Waals surface area contributed by atoms with E-state index in [1.807, 2.05) is 0 Å². The number of nitrogens with zero attached hydrogens (tertiary/aromatic N) is 1. The second kappa shape index (κ2) is 16.1. The summed E-state index contributed by atoms with van der Waals surface area (Å²) in [6, 6.07) is 17.9. The number of rotatable bonds is 15. The first-order valence-corrected chi connectivity index (χ1v) is 13.9. The van der Waals surface area contributed by atoms with E-state index in [2.05, 4.69) is 20.9 Å². The van der Waals surface area contributed by atoms with Crippen LogP contribution < -0.4 is 16.0 Å². The molecule has 2 atom stereocenters. The molecule has 0 saturated carbocycles. The van der Waals surface area contributed by atoms with Crippen LogP contribution in [-0.2, 0) is 38.6 Å². The summed E-state index contributed by atoms with van der Waals surface area (Å²) in [4.78, 5) is 54.9. The van der Waals surface area contributed by atoms with Crippen molar-refractivity contribution < 1.29 is 32.7 Å². The molecule has 43 heavy (non-hydrogen) atoms. The summed E-state index contributed by atoms with van der Waals surface area (Å²) in [7, 11) is 0. The number of nitrogens with one attached hydrogen (secondary N) is 3. The van der Waals surface area contributed by atoms with Gasteiger partial charge in [0.15, 0.2) is 0 Å². The molecule has 11 heteroatoms. The number of carbonyl (C=O) groups excluding carboxylic acids is 4. The molecule has 0 radical (unpaired) electrons. The van der Waals surface area contributed by atoms with Crippen molar-refractivity contribution in [3.8, 4) is 0 Å². The molecule has 3 rings (SSSR count). The van der Waals surface area contributed by atoms with E-state index in [4.69, 9.17) is 4.74 Å². The first-order valence-electron chi connectivity index (χ1n) is 13.9. The number of aromatic nitrogens is 1. The minimum absolute atomic E-state index is 0.0199. The highest BCUT2D eigenvalue weighted by Crippen LogP contribution is 2.25. The van der Waals surface area contributed by atoms with Gasteiger partial charge in [-0.15, -0.1) is 0 Å². The summed E-state index contributed by atoms with van der Waals surface area (Å²) in [6.07, 6.45) is 1.36. The van der Waals surface area contributed by atoms with Crippen LogP contribution in [-0.4, -0.2) is 53.2 Å². The molecule has 9 nitrogen and oxygen atoms in total. The van der Waals surface area contributed by atoms with Crippen molar-refractivity contribution in [2.45, 2.75) is 57.7 Å².